The van der Waals surface area contributed by atoms with E-state index >= 15 is 0 Å². The summed E-state index contributed by atoms with van der Waals surface area (Å²) in [6.07, 6.45) is 0. The summed E-state index contributed by atoms with van der Waals surface area (Å²) in [4.78, 5) is 43.7. The van der Waals surface area contributed by atoms with Crippen molar-refractivity contribution < 1.29 is 14.4 Å². The third kappa shape index (κ3) is 5.13. The summed E-state index contributed by atoms with van der Waals surface area (Å²) in [5, 5.41) is 17.9. The van der Waals surface area contributed by atoms with Crippen LogP contribution in [-0.4, -0.2) is 32.9 Å². The van der Waals surface area contributed by atoms with Gasteiger partial charge in [0, 0.05) is 5.38 Å². The Morgan fingerprint density at radius 3 is 2.43 bits per heavy atom. The van der Waals surface area contributed by atoms with E-state index in [4.69, 9.17) is 0 Å². The van der Waals surface area contributed by atoms with E-state index in [1.54, 1.807) is 41.2 Å². The predicted octanol–water partition coefficient (Wildman–Crippen LogP) is 5.25. The number of hydrogen-bond acceptors (Lipinski definition) is 7. The van der Waals surface area contributed by atoms with Crippen molar-refractivity contribution in [2.24, 2.45) is 0 Å². The van der Waals surface area contributed by atoms with Crippen LogP contribution in [0, 0.1) is 0 Å². The van der Waals surface area contributed by atoms with Crippen molar-refractivity contribution in [1.82, 2.24) is 20.5 Å². The molecule has 0 fully saturated rings. The van der Waals surface area contributed by atoms with E-state index in [1.807, 2.05) is 44.2 Å². The molecule has 3 aromatic heterocycles. The number of hydrogen-bond donors (Lipinski definition) is 4. The fourth-order valence-electron chi connectivity index (χ4n) is 3.77. The van der Waals surface area contributed by atoms with Gasteiger partial charge in [-0.1, -0.05) is 42.5 Å². The molecule has 0 unspecified atom stereocenters. The lowest BCUT2D eigenvalue weighted by Crippen LogP contribution is -2.40. The molecule has 3 amide bonds. The van der Waals surface area contributed by atoms with Gasteiger partial charge in [-0.25, -0.2) is 4.98 Å². The van der Waals surface area contributed by atoms with E-state index < -0.39 is 17.4 Å². The van der Waals surface area contributed by atoms with Gasteiger partial charge in [-0.05, 0) is 37.6 Å². The van der Waals surface area contributed by atoms with E-state index in [0.29, 0.717) is 26.6 Å². The molecule has 0 aliphatic rings. The van der Waals surface area contributed by atoms with Gasteiger partial charge in [-0.3, -0.25) is 19.5 Å². The first-order chi connectivity index (χ1) is 17.8. The van der Waals surface area contributed by atoms with Crippen LogP contribution in [0.5, 0.6) is 0 Å². The minimum Gasteiger partial charge on any atom is -0.342 e. The fraction of sp³-hybridized carbons (Fsp3) is 0.115. The Morgan fingerprint density at radius 1 is 0.919 bits per heavy atom. The number of benzene rings is 2. The summed E-state index contributed by atoms with van der Waals surface area (Å²) in [7, 11) is 0. The Bertz CT molecular complexity index is 1590. The normalized spacial score (nSPS) is 11.3. The average Bonchev–Trinajstić information content (AvgIpc) is 3.64. The minimum atomic E-state index is -0.574. The van der Waals surface area contributed by atoms with Gasteiger partial charge >= 0.3 is 0 Å². The van der Waals surface area contributed by atoms with Crippen LogP contribution in [0.1, 0.15) is 49.9 Å². The Morgan fingerprint density at radius 2 is 1.68 bits per heavy atom. The molecule has 0 atom stereocenters. The quantitative estimate of drug-likeness (QED) is 0.228. The second-order valence-corrected chi connectivity index (χ2v) is 10.5. The summed E-state index contributed by atoms with van der Waals surface area (Å²) < 4.78 is 0. The maximum absolute atomic E-state index is 13.1. The number of nitrogens with one attached hydrogen (secondary N) is 4. The van der Waals surface area contributed by atoms with Crippen LogP contribution in [0.3, 0.4) is 0 Å². The van der Waals surface area contributed by atoms with Crippen LogP contribution in [0.4, 0.5) is 11.5 Å². The van der Waals surface area contributed by atoms with Crippen molar-refractivity contribution in [3.8, 4) is 0 Å². The Kier molecular flexibility index (Phi) is 6.55. The standard InChI is InChI=1S/C26H22N6O3S2/c1-26(2,15-8-4-3-5-9-15)30-24(35)20-12-17-21(31-32-25(17)37-20)29-22(33)16-10-6-7-11-18(16)28-23(34)19-13-36-14-27-19/h3-14H,1-2H3,(H,28,34)(H,30,35)(H2,29,31,32,33). The van der Waals surface area contributed by atoms with Gasteiger partial charge in [0.05, 0.1) is 32.6 Å². The van der Waals surface area contributed by atoms with Gasteiger partial charge in [0.25, 0.3) is 17.7 Å². The molecule has 5 rings (SSSR count). The Balaban J connectivity index is 1.33. The van der Waals surface area contributed by atoms with Crippen molar-refractivity contribution in [3.63, 3.8) is 0 Å². The highest BCUT2D eigenvalue weighted by Crippen LogP contribution is 2.31. The predicted molar refractivity (Wildman–Crippen MR) is 145 cm³/mol. The molecule has 4 N–H and O–H groups in total. The lowest BCUT2D eigenvalue weighted by Gasteiger charge is -2.26. The number of anilines is 2. The van der Waals surface area contributed by atoms with E-state index in [9.17, 15) is 14.4 Å². The van der Waals surface area contributed by atoms with Gasteiger partial charge in [0.1, 0.15) is 16.3 Å². The summed E-state index contributed by atoms with van der Waals surface area (Å²) in [6, 6.07) is 18.1. The first-order valence-corrected chi connectivity index (χ1v) is 13.0. The number of aromatic amines is 1. The molecule has 9 nitrogen and oxygen atoms in total. The van der Waals surface area contributed by atoms with Crippen LogP contribution in [0.25, 0.3) is 10.2 Å². The molecule has 2 aromatic carbocycles. The Hall–Kier alpha value is -4.35. The molecule has 0 radical (unpaired) electrons. The number of amides is 3. The first-order valence-electron chi connectivity index (χ1n) is 11.3. The fourth-order valence-corrected chi connectivity index (χ4v) is 5.20. The third-order valence-corrected chi connectivity index (χ3v) is 7.33. The van der Waals surface area contributed by atoms with Crippen molar-refractivity contribution in [3.05, 3.63) is 93.3 Å². The summed E-state index contributed by atoms with van der Waals surface area (Å²) in [5.74, 6) is -0.720. The zero-order valence-corrected chi connectivity index (χ0v) is 21.5. The van der Waals surface area contributed by atoms with Crippen LogP contribution < -0.4 is 16.0 Å². The Labute approximate surface area is 220 Å². The number of thiazole rings is 1. The van der Waals surface area contributed by atoms with Crippen molar-refractivity contribution in [2.75, 3.05) is 10.6 Å². The summed E-state index contributed by atoms with van der Waals surface area (Å²) in [5.41, 5.74) is 2.87. The zero-order chi connectivity index (χ0) is 26.0. The number of carbonyl (C=O) groups excluding carboxylic acids is 3. The lowest BCUT2D eigenvalue weighted by molar-refractivity contribution is 0.0915. The topological polar surface area (TPSA) is 129 Å². The van der Waals surface area contributed by atoms with Gasteiger partial charge in [-0.2, -0.15) is 5.10 Å². The number of thiophene rings is 1. The summed E-state index contributed by atoms with van der Waals surface area (Å²) >= 11 is 2.53. The molecular formula is C26H22N6O3S2. The van der Waals surface area contributed by atoms with Crippen molar-refractivity contribution in [1.29, 1.82) is 0 Å². The highest BCUT2D eigenvalue weighted by molar-refractivity contribution is 7.20. The molecule has 0 saturated carbocycles. The number of nitrogens with zero attached hydrogens (tertiary/aromatic N) is 2. The maximum atomic E-state index is 13.1. The summed E-state index contributed by atoms with van der Waals surface area (Å²) in [6.45, 7) is 3.88. The monoisotopic (exact) mass is 530 g/mol. The third-order valence-electron chi connectivity index (χ3n) is 5.72. The van der Waals surface area contributed by atoms with Crippen LogP contribution in [0.2, 0.25) is 0 Å². The number of fused-ring (bicyclic) bond motifs is 1. The van der Waals surface area contributed by atoms with Gasteiger partial charge in [-0.15, -0.1) is 22.7 Å². The molecule has 3 heterocycles. The second kappa shape index (κ2) is 9.96. The average molecular weight is 531 g/mol. The number of rotatable bonds is 7. The smallest absolute Gasteiger partial charge is 0.275 e. The van der Waals surface area contributed by atoms with Gasteiger partial charge in [0.2, 0.25) is 0 Å². The minimum absolute atomic E-state index is 0.232. The van der Waals surface area contributed by atoms with Crippen molar-refractivity contribution in [2.45, 2.75) is 19.4 Å². The van der Waals surface area contributed by atoms with E-state index in [0.717, 1.165) is 5.56 Å². The molecule has 0 bridgehead atoms. The largest absolute Gasteiger partial charge is 0.342 e. The van der Waals surface area contributed by atoms with E-state index in [2.05, 4.69) is 31.1 Å². The number of aromatic nitrogens is 3. The van der Waals surface area contributed by atoms with E-state index in [-0.39, 0.29) is 17.2 Å². The maximum Gasteiger partial charge on any atom is 0.275 e. The molecule has 0 saturated heterocycles. The molecule has 0 aliphatic carbocycles. The SMILES string of the molecule is CC(C)(NC(=O)c1cc2c(NC(=O)c3ccccc3NC(=O)c3cscn3)[nH]nc2s1)c1ccccc1. The molecule has 186 valence electrons. The highest BCUT2D eigenvalue weighted by Gasteiger charge is 2.25. The van der Waals surface area contributed by atoms with Crippen LogP contribution in [0.15, 0.2) is 71.6 Å². The number of H-pyrrole nitrogens is 1. The lowest BCUT2D eigenvalue weighted by atomic mass is 9.94. The second-order valence-electron chi connectivity index (χ2n) is 8.70. The number of carbonyl (C=O) groups is 3. The van der Waals surface area contributed by atoms with E-state index in [1.165, 1.54) is 22.7 Å². The molecule has 5 aromatic rings. The molecule has 0 spiro atoms. The highest BCUT2D eigenvalue weighted by atomic mass is 32.1. The van der Waals surface area contributed by atoms with Crippen LogP contribution in [-0.2, 0) is 5.54 Å². The molecule has 37 heavy (non-hydrogen) atoms. The first kappa shape index (κ1) is 24.3. The zero-order valence-electron chi connectivity index (χ0n) is 19.9. The van der Waals surface area contributed by atoms with Gasteiger partial charge in [0.15, 0.2) is 0 Å². The number of para-hydroxylation sites is 1. The molecular weight excluding hydrogens is 508 g/mol. The molecule has 11 heteroatoms. The van der Waals surface area contributed by atoms with Crippen LogP contribution >= 0.6 is 22.7 Å². The van der Waals surface area contributed by atoms with Crippen molar-refractivity contribution >= 4 is 62.1 Å². The van der Waals surface area contributed by atoms with Gasteiger partial charge < -0.3 is 16.0 Å². The molecule has 0 aliphatic heterocycles.